The molecule has 1 aromatic carbocycles. The van der Waals surface area contributed by atoms with Crippen LogP contribution in [-0.2, 0) is 11.3 Å². The number of hydrogen-bond donors (Lipinski definition) is 0. The highest BCUT2D eigenvalue weighted by atomic mass is 16.5. The molecule has 2 heterocycles. The average molecular weight is 309 g/mol. The van der Waals surface area contributed by atoms with Gasteiger partial charge in [0.1, 0.15) is 0 Å². The van der Waals surface area contributed by atoms with Crippen molar-refractivity contribution in [3.8, 4) is 0 Å². The number of ether oxygens (including phenoxy) is 1. The van der Waals surface area contributed by atoms with E-state index in [0.717, 1.165) is 24.1 Å². The van der Waals surface area contributed by atoms with Crippen LogP contribution in [0.3, 0.4) is 0 Å². The number of carbonyl (C=O) groups is 1. The zero-order valence-corrected chi connectivity index (χ0v) is 13.3. The molecule has 5 nitrogen and oxygen atoms in total. The highest BCUT2D eigenvalue weighted by molar-refractivity contribution is 5.89. The number of esters is 1. The van der Waals surface area contributed by atoms with E-state index in [0.29, 0.717) is 5.56 Å². The molecule has 0 aliphatic carbocycles. The van der Waals surface area contributed by atoms with Crippen molar-refractivity contribution in [1.82, 2.24) is 9.78 Å². The Morgan fingerprint density at radius 2 is 2.13 bits per heavy atom. The molecule has 1 aliphatic heterocycles. The Bertz CT molecular complexity index is 757. The van der Waals surface area contributed by atoms with Gasteiger partial charge in [0, 0.05) is 30.9 Å². The molecule has 0 N–H and O–H groups in total. The minimum Gasteiger partial charge on any atom is -0.465 e. The lowest BCUT2D eigenvalue weighted by Crippen LogP contribution is -2.03. The summed E-state index contributed by atoms with van der Waals surface area (Å²) in [5.41, 5.74) is 3.95. The van der Waals surface area contributed by atoms with Crippen LogP contribution in [-0.4, -0.2) is 29.1 Å². The number of aryl methyl sites for hydroxylation is 1. The smallest absolute Gasteiger partial charge is 0.337 e. The largest absolute Gasteiger partial charge is 0.465 e. The molecule has 3 rings (SSSR count). The number of allylic oxidation sites excluding steroid dienone is 1. The summed E-state index contributed by atoms with van der Waals surface area (Å²) in [6.45, 7) is 2.93. The summed E-state index contributed by atoms with van der Waals surface area (Å²) in [6, 6.07) is 7.35. The standard InChI is InChI=1S/C18H19N3O2/c1-3-21-12-16(11-20-21)15-8-9-19-17(10-15)13-4-6-14(7-5-13)18(22)23-2/h4-7,9-12,17H,3,8H2,1-2H3/t17-/m0/s1. The molecule has 0 saturated carbocycles. The van der Waals surface area contributed by atoms with Crippen molar-refractivity contribution < 1.29 is 9.53 Å². The lowest BCUT2D eigenvalue weighted by molar-refractivity contribution is 0.0600. The van der Waals surface area contributed by atoms with Gasteiger partial charge in [0.05, 0.1) is 24.9 Å². The van der Waals surface area contributed by atoms with Gasteiger partial charge >= 0.3 is 5.97 Å². The number of nitrogens with zero attached hydrogens (tertiary/aromatic N) is 3. The first-order valence-corrected chi connectivity index (χ1v) is 7.64. The van der Waals surface area contributed by atoms with E-state index in [1.165, 1.54) is 12.7 Å². The zero-order chi connectivity index (χ0) is 16.2. The topological polar surface area (TPSA) is 56.5 Å². The summed E-state index contributed by atoms with van der Waals surface area (Å²) in [6.07, 6.45) is 8.86. The van der Waals surface area contributed by atoms with E-state index in [1.807, 2.05) is 29.2 Å². The fourth-order valence-electron chi connectivity index (χ4n) is 2.60. The SMILES string of the molecule is CCn1cc(C2=C[C@@H](c3ccc(C(=O)OC)cc3)N=CC2)cn1. The van der Waals surface area contributed by atoms with Crippen LogP contribution in [0.1, 0.15) is 40.9 Å². The molecule has 5 heteroatoms. The summed E-state index contributed by atoms with van der Waals surface area (Å²) in [7, 11) is 1.38. The van der Waals surface area contributed by atoms with Gasteiger partial charge in [-0.15, -0.1) is 0 Å². The third-order valence-corrected chi connectivity index (χ3v) is 3.94. The maximum Gasteiger partial charge on any atom is 0.337 e. The van der Waals surface area contributed by atoms with Crippen LogP contribution >= 0.6 is 0 Å². The van der Waals surface area contributed by atoms with E-state index in [2.05, 4.69) is 29.3 Å². The first-order valence-electron chi connectivity index (χ1n) is 7.64. The average Bonchev–Trinajstić information content (AvgIpc) is 3.10. The van der Waals surface area contributed by atoms with E-state index >= 15 is 0 Å². The maximum absolute atomic E-state index is 11.5. The predicted molar refractivity (Wildman–Crippen MR) is 89.5 cm³/mol. The van der Waals surface area contributed by atoms with Gasteiger partial charge in [-0.05, 0) is 30.2 Å². The number of benzene rings is 1. The number of rotatable bonds is 4. The zero-order valence-electron chi connectivity index (χ0n) is 13.3. The van der Waals surface area contributed by atoms with Crippen LogP contribution in [0.25, 0.3) is 5.57 Å². The Labute approximate surface area is 135 Å². The lowest BCUT2D eigenvalue weighted by Gasteiger charge is -2.15. The van der Waals surface area contributed by atoms with Gasteiger partial charge < -0.3 is 4.74 Å². The minimum absolute atomic E-state index is 0.0320. The normalized spacial score (nSPS) is 17.0. The monoisotopic (exact) mass is 309 g/mol. The summed E-state index contributed by atoms with van der Waals surface area (Å²) >= 11 is 0. The Morgan fingerprint density at radius 3 is 2.78 bits per heavy atom. The van der Waals surface area contributed by atoms with E-state index in [4.69, 9.17) is 4.74 Å². The molecule has 0 bridgehead atoms. The molecular formula is C18H19N3O2. The van der Waals surface area contributed by atoms with Crippen molar-refractivity contribution in [2.24, 2.45) is 4.99 Å². The predicted octanol–water partition coefficient (Wildman–Crippen LogP) is 3.29. The summed E-state index contributed by atoms with van der Waals surface area (Å²) in [5.74, 6) is -0.327. The van der Waals surface area contributed by atoms with Crippen molar-refractivity contribution in [3.63, 3.8) is 0 Å². The maximum atomic E-state index is 11.5. The second-order valence-corrected chi connectivity index (χ2v) is 5.37. The minimum atomic E-state index is -0.327. The molecule has 23 heavy (non-hydrogen) atoms. The highest BCUT2D eigenvalue weighted by Gasteiger charge is 2.15. The molecule has 0 amide bonds. The third kappa shape index (κ3) is 3.23. The number of methoxy groups -OCH3 is 1. The van der Waals surface area contributed by atoms with Crippen LogP contribution in [0.4, 0.5) is 0 Å². The van der Waals surface area contributed by atoms with Gasteiger partial charge in [0.25, 0.3) is 0 Å². The first kappa shape index (κ1) is 15.2. The summed E-state index contributed by atoms with van der Waals surface area (Å²) in [5, 5.41) is 4.33. The van der Waals surface area contributed by atoms with E-state index < -0.39 is 0 Å². The summed E-state index contributed by atoms with van der Waals surface area (Å²) in [4.78, 5) is 16.0. The Kier molecular flexibility index (Phi) is 4.37. The van der Waals surface area contributed by atoms with Crippen LogP contribution < -0.4 is 0 Å². The van der Waals surface area contributed by atoms with Crippen molar-refractivity contribution in [2.75, 3.05) is 7.11 Å². The molecule has 0 fully saturated rings. The fraction of sp³-hybridized carbons (Fsp3) is 0.278. The highest BCUT2D eigenvalue weighted by Crippen LogP contribution is 2.29. The van der Waals surface area contributed by atoms with Crippen LogP contribution in [0.2, 0.25) is 0 Å². The van der Waals surface area contributed by atoms with Gasteiger partial charge in [0.2, 0.25) is 0 Å². The molecule has 0 spiro atoms. The van der Waals surface area contributed by atoms with E-state index in [-0.39, 0.29) is 12.0 Å². The molecule has 1 atom stereocenters. The molecule has 118 valence electrons. The third-order valence-electron chi connectivity index (χ3n) is 3.94. The fourth-order valence-corrected chi connectivity index (χ4v) is 2.60. The quantitative estimate of drug-likeness (QED) is 0.814. The number of aliphatic imine (C=N–C) groups is 1. The molecule has 0 saturated heterocycles. The molecule has 0 radical (unpaired) electrons. The van der Waals surface area contributed by atoms with Gasteiger partial charge in [-0.1, -0.05) is 18.2 Å². The number of carbonyl (C=O) groups excluding carboxylic acids is 1. The number of dihydropyridines is 1. The van der Waals surface area contributed by atoms with Crippen molar-refractivity contribution in [3.05, 3.63) is 59.4 Å². The van der Waals surface area contributed by atoms with Gasteiger partial charge in [-0.3, -0.25) is 9.67 Å². The number of aromatic nitrogens is 2. The molecule has 0 unspecified atom stereocenters. The molecular weight excluding hydrogens is 290 g/mol. The molecule has 2 aromatic rings. The Morgan fingerprint density at radius 1 is 1.35 bits per heavy atom. The molecule has 1 aliphatic rings. The Hall–Kier alpha value is -2.69. The van der Waals surface area contributed by atoms with Crippen molar-refractivity contribution in [1.29, 1.82) is 0 Å². The van der Waals surface area contributed by atoms with Crippen molar-refractivity contribution in [2.45, 2.75) is 25.9 Å². The lowest BCUT2D eigenvalue weighted by atomic mass is 9.97. The summed E-state index contributed by atoms with van der Waals surface area (Å²) < 4.78 is 6.64. The molecule has 1 aromatic heterocycles. The van der Waals surface area contributed by atoms with Crippen LogP contribution in [0.5, 0.6) is 0 Å². The second-order valence-electron chi connectivity index (χ2n) is 5.37. The van der Waals surface area contributed by atoms with Gasteiger partial charge in [0.15, 0.2) is 0 Å². The second kappa shape index (κ2) is 6.60. The number of hydrogen-bond acceptors (Lipinski definition) is 4. The van der Waals surface area contributed by atoms with Crippen LogP contribution in [0.15, 0.2) is 47.7 Å². The first-order chi connectivity index (χ1) is 11.2. The van der Waals surface area contributed by atoms with Gasteiger partial charge in [-0.2, -0.15) is 5.10 Å². The van der Waals surface area contributed by atoms with Gasteiger partial charge in [-0.25, -0.2) is 4.79 Å². The van der Waals surface area contributed by atoms with Crippen molar-refractivity contribution >= 4 is 17.8 Å². The van der Waals surface area contributed by atoms with Crippen LogP contribution in [0, 0.1) is 0 Å². The van der Waals surface area contributed by atoms with E-state index in [9.17, 15) is 4.79 Å². The van der Waals surface area contributed by atoms with E-state index in [1.54, 1.807) is 12.1 Å². The Balaban J connectivity index is 1.83.